The quantitative estimate of drug-likeness (QED) is 0.790. The summed E-state index contributed by atoms with van der Waals surface area (Å²) in [6.45, 7) is 6.77. The zero-order valence-corrected chi connectivity index (χ0v) is 13.2. The Labute approximate surface area is 123 Å². The van der Waals surface area contributed by atoms with E-state index in [2.05, 4.69) is 43.2 Å². The van der Waals surface area contributed by atoms with Gasteiger partial charge >= 0.3 is 0 Å². The van der Waals surface area contributed by atoms with E-state index < -0.39 is 0 Å². The van der Waals surface area contributed by atoms with Crippen LogP contribution in [-0.2, 0) is 6.54 Å². The van der Waals surface area contributed by atoms with Crippen molar-refractivity contribution in [3.05, 3.63) is 29.8 Å². The third-order valence-corrected chi connectivity index (χ3v) is 4.42. The van der Waals surface area contributed by atoms with Crippen LogP contribution in [0.2, 0.25) is 0 Å². The lowest BCUT2D eigenvalue weighted by Gasteiger charge is -2.30. The van der Waals surface area contributed by atoms with Gasteiger partial charge in [0.05, 0.1) is 7.11 Å². The van der Waals surface area contributed by atoms with Crippen molar-refractivity contribution in [2.24, 2.45) is 5.92 Å². The summed E-state index contributed by atoms with van der Waals surface area (Å²) in [6.07, 6.45) is 2.73. The largest absolute Gasteiger partial charge is 0.497 e. The van der Waals surface area contributed by atoms with Gasteiger partial charge in [-0.25, -0.2) is 0 Å². The molecule has 1 N–H and O–H groups in total. The molecule has 2 unspecified atom stereocenters. The van der Waals surface area contributed by atoms with Gasteiger partial charge in [-0.05, 0) is 57.0 Å². The van der Waals surface area contributed by atoms with Gasteiger partial charge in [0, 0.05) is 18.6 Å². The number of methoxy groups -OCH3 is 1. The van der Waals surface area contributed by atoms with E-state index in [9.17, 15) is 0 Å². The first-order chi connectivity index (χ1) is 9.60. The molecule has 1 aliphatic carbocycles. The highest BCUT2D eigenvalue weighted by molar-refractivity contribution is 5.27. The smallest absolute Gasteiger partial charge is 0.118 e. The fourth-order valence-electron chi connectivity index (χ4n) is 2.41. The van der Waals surface area contributed by atoms with E-state index in [1.54, 1.807) is 7.11 Å². The second kappa shape index (κ2) is 7.09. The summed E-state index contributed by atoms with van der Waals surface area (Å²) >= 11 is 0. The summed E-state index contributed by atoms with van der Waals surface area (Å²) in [5.41, 5.74) is 1.34. The van der Waals surface area contributed by atoms with E-state index in [-0.39, 0.29) is 0 Å². The number of hydrogen-bond donors (Lipinski definition) is 1. The molecular weight excluding hydrogens is 248 g/mol. The molecule has 1 aromatic carbocycles. The van der Waals surface area contributed by atoms with E-state index in [1.165, 1.54) is 18.4 Å². The van der Waals surface area contributed by atoms with Gasteiger partial charge in [0.2, 0.25) is 0 Å². The van der Waals surface area contributed by atoms with Crippen molar-refractivity contribution in [2.75, 3.05) is 20.7 Å². The van der Waals surface area contributed by atoms with Gasteiger partial charge in [-0.1, -0.05) is 19.1 Å². The van der Waals surface area contributed by atoms with E-state index >= 15 is 0 Å². The Hall–Kier alpha value is -1.06. The minimum absolute atomic E-state index is 0.573. The lowest BCUT2D eigenvalue weighted by molar-refractivity contribution is 0.188. The number of ether oxygens (including phenoxy) is 1. The first-order valence-electron chi connectivity index (χ1n) is 7.66. The second-order valence-corrected chi connectivity index (χ2v) is 6.16. The Morgan fingerprint density at radius 2 is 1.90 bits per heavy atom. The molecule has 1 aromatic rings. The van der Waals surface area contributed by atoms with Gasteiger partial charge in [-0.2, -0.15) is 0 Å². The van der Waals surface area contributed by atoms with Crippen LogP contribution in [0.1, 0.15) is 32.3 Å². The van der Waals surface area contributed by atoms with Gasteiger partial charge in [-0.3, -0.25) is 4.90 Å². The average Bonchev–Trinajstić information content (AvgIpc) is 3.29. The van der Waals surface area contributed by atoms with Gasteiger partial charge in [0.1, 0.15) is 5.75 Å². The molecule has 0 spiro atoms. The Bertz CT molecular complexity index is 400. The standard InChI is InChI=1S/C17H28N2O/c1-13(11-18-16-7-8-16)14(2)19(3)12-15-5-9-17(20-4)10-6-15/h5-6,9-10,13-14,16,18H,7-8,11-12H2,1-4H3. The lowest BCUT2D eigenvalue weighted by Crippen LogP contribution is -2.39. The molecule has 0 aliphatic heterocycles. The van der Waals surface area contributed by atoms with Crippen molar-refractivity contribution < 1.29 is 4.74 Å². The van der Waals surface area contributed by atoms with Crippen molar-refractivity contribution in [1.82, 2.24) is 10.2 Å². The van der Waals surface area contributed by atoms with Gasteiger partial charge in [0.15, 0.2) is 0 Å². The molecule has 1 aliphatic rings. The first kappa shape index (κ1) is 15.3. The molecule has 1 fully saturated rings. The molecule has 2 atom stereocenters. The number of nitrogens with zero attached hydrogens (tertiary/aromatic N) is 1. The fraction of sp³-hybridized carbons (Fsp3) is 0.647. The summed E-state index contributed by atoms with van der Waals surface area (Å²) < 4.78 is 5.20. The van der Waals surface area contributed by atoms with Crippen LogP contribution in [0.4, 0.5) is 0 Å². The third kappa shape index (κ3) is 4.50. The predicted octanol–water partition coefficient (Wildman–Crippen LogP) is 2.90. The van der Waals surface area contributed by atoms with Crippen LogP contribution < -0.4 is 10.1 Å². The number of rotatable bonds is 8. The van der Waals surface area contributed by atoms with Gasteiger partial charge in [0.25, 0.3) is 0 Å². The van der Waals surface area contributed by atoms with Crippen molar-refractivity contribution >= 4 is 0 Å². The van der Waals surface area contributed by atoms with Crippen LogP contribution in [0.15, 0.2) is 24.3 Å². The fourth-order valence-corrected chi connectivity index (χ4v) is 2.41. The highest BCUT2D eigenvalue weighted by Gasteiger charge is 2.23. The highest BCUT2D eigenvalue weighted by atomic mass is 16.5. The highest BCUT2D eigenvalue weighted by Crippen LogP contribution is 2.20. The van der Waals surface area contributed by atoms with Crippen molar-refractivity contribution in [3.63, 3.8) is 0 Å². The number of benzene rings is 1. The molecule has 0 amide bonds. The Kier molecular flexibility index (Phi) is 5.44. The molecule has 3 heteroatoms. The first-order valence-corrected chi connectivity index (χ1v) is 7.66. The minimum atomic E-state index is 0.573. The normalized spacial score (nSPS) is 18.1. The summed E-state index contributed by atoms with van der Waals surface area (Å²) in [7, 11) is 3.92. The number of nitrogens with one attached hydrogen (secondary N) is 1. The molecular formula is C17H28N2O. The van der Waals surface area contributed by atoms with Crippen LogP contribution in [0.25, 0.3) is 0 Å². The molecule has 2 rings (SSSR count). The Morgan fingerprint density at radius 3 is 2.45 bits per heavy atom. The van der Waals surface area contributed by atoms with Crippen LogP contribution in [0, 0.1) is 5.92 Å². The molecule has 0 heterocycles. The van der Waals surface area contributed by atoms with E-state index in [0.717, 1.165) is 24.9 Å². The van der Waals surface area contributed by atoms with Crippen LogP contribution in [0.5, 0.6) is 5.75 Å². The van der Waals surface area contributed by atoms with Crippen LogP contribution in [0.3, 0.4) is 0 Å². The zero-order valence-electron chi connectivity index (χ0n) is 13.2. The molecule has 20 heavy (non-hydrogen) atoms. The molecule has 1 saturated carbocycles. The van der Waals surface area contributed by atoms with Crippen LogP contribution in [-0.4, -0.2) is 37.7 Å². The summed E-state index contributed by atoms with van der Waals surface area (Å²) in [4.78, 5) is 2.43. The topological polar surface area (TPSA) is 24.5 Å². The molecule has 0 bridgehead atoms. The maximum absolute atomic E-state index is 5.20. The van der Waals surface area contributed by atoms with Gasteiger partial charge in [-0.15, -0.1) is 0 Å². The molecule has 0 saturated heterocycles. The van der Waals surface area contributed by atoms with Crippen LogP contribution >= 0.6 is 0 Å². The second-order valence-electron chi connectivity index (χ2n) is 6.16. The molecule has 3 nitrogen and oxygen atoms in total. The third-order valence-electron chi connectivity index (χ3n) is 4.42. The summed E-state index contributed by atoms with van der Waals surface area (Å²) in [5.74, 6) is 1.59. The van der Waals surface area contributed by atoms with E-state index in [0.29, 0.717) is 12.0 Å². The van der Waals surface area contributed by atoms with Crippen molar-refractivity contribution in [1.29, 1.82) is 0 Å². The zero-order chi connectivity index (χ0) is 14.5. The monoisotopic (exact) mass is 276 g/mol. The summed E-state index contributed by atoms with van der Waals surface area (Å²) in [5, 5.41) is 3.63. The average molecular weight is 276 g/mol. The minimum Gasteiger partial charge on any atom is -0.497 e. The summed E-state index contributed by atoms with van der Waals surface area (Å²) in [6, 6.07) is 9.74. The molecule has 0 aromatic heterocycles. The SMILES string of the molecule is COc1ccc(CN(C)C(C)C(C)CNC2CC2)cc1. The Morgan fingerprint density at radius 1 is 1.25 bits per heavy atom. The maximum Gasteiger partial charge on any atom is 0.118 e. The number of hydrogen-bond acceptors (Lipinski definition) is 3. The van der Waals surface area contributed by atoms with Gasteiger partial charge < -0.3 is 10.1 Å². The van der Waals surface area contributed by atoms with Crippen molar-refractivity contribution in [2.45, 2.75) is 45.3 Å². The predicted molar refractivity (Wildman–Crippen MR) is 84.1 cm³/mol. The Balaban J connectivity index is 1.80. The van der Waals surface area contributed by atoms with Crippen molar-refractivity contribution in [3.8, 4) is 5.75 Å². The van der Waals surface area contributed by atoms with E-state index in [4.69, 9.17) is 4.74 Å². The molecule has 112 valence electrons. The maximum atomic E-state index is 5.20. The van der Waals surface area contributed by atoms with E-state index in [1.807, 2.05) is 12.1 Å². The lowest BCUT2D eigenvalue weighted by atomic mass is 10.0. The molecule has 0 radical (unpaired) electrons.